The largest absolute Gasteiger partial charge is 0.454 e. The van der Waals surface area contributed by atoms with Gasteiger partial charge in [0.2, 0.25) is 18.6 Å². The van der Waals surface area contributed by atoms with E-state index in [0.29, 0.717) is 13.1 Å². The molecule has 1 aromatic rings. The van der Waals surface area contributed by atoms with E-state index in [1.54, 1.807) is 4.90 Å². The summed E-state index contributed by atoms with van der Waals surface area (Å²) in [5.74, 6) is 1.82. The Morgan fingerprint density at radius 3 is 2.67 bits per heavy atom. The maximum Gasteiger partial charge on any atom is 0.245 e. The van der Waals surface area contributed by atoms with E-state index in [9.17, 15) is 9.59 Å². The summed E-state index contributed by atoms with van der Waals surface area (Å²) in [5.41, 5.74) is 0.998. The fourth-order valence-electron chi connectivity index (χ4n) is 4.52. The summed E-state index contributed by atoms with van der Waals surface area (Å²) >= 11 is 0. The SMILES string of the molecule is CN(Cc1ccc2c(c1)OCO2)C(=O)[C@H]1CCCN1C(=O)C1CCCCC1. The fraction of sp³-hybridized carbons (Fsp3) is 0.619. The number of ether oxygens (including phenoxy) is 2. The first kappa shape index (κ1) is 18.1. The number of fused-ring (bicyclic) bond motifs is 1. The van der Waals surface area contributed by atoms with E-state index < -0.39 is 0 Å². The van der Waals surface area contributed by atoms with Crippen molar-refractivity contribution in [2.75, 3.05) is 20.4 Å². The average Bonchev–Trinajstić information content (AvgIpc) is 3.36. The Balaban J connectivity index is 1.40. The van der Waals surface area contributed by atoms with Crippen LogP contribution in [0.3, 0.4) is 0 Å². The van der Waals surface area contributed by atoms with Crippen LogP contribution in [0.25, 0.3) is 0 Å². The Morgan fingerprint density at radius 2 is 1.85 bits per heavy atom. The highest BCUT2D eigenvalue weighted by Crippen LogP contribution is 2.33. The third-order valence-electron chi connectivity index (χ3n) is 6.01. The Kier molecular flexibility index (Phi) is 5.23. The maximum absolute atomic E-state index is 13.1. The van der Waals surface area contributed by atoms with E-state index in [-0.39, 0.29) is 30.6 Å². The average molecular weight is 372 g/mol. The standard InChI is InChI=1S/C21H28N2O4/c1-22(13-15-9-10-18-19(12-15)27-14-26-18)21(25)17-8-5-11-23(17)20(24)16-6-3-2-4-7-16/h9-10,12,16-17H,2-8,11,13-14H2,1H3/t17-/m1/s1. The molecule has 2 aliphatic heterocycles. The van der Waals surface area contributed by atoms with Crippen molar-refractivity contribution in [1.82, 2.24) is 9.80 Å². The molecule has 2 amide bonds. The first-order valence-corrected chi connectivity index (χ1v) is 10.1. The van der Waals surface area contributed by atoms with Gasteiger partial charge in [-0.1, -0.05) is 25.3 Å². The van der Waals surface area contributed by atoms with Crippen LogP contribution in [0.15, 0.2) is 18.2 Å². The van der Waals surface area contributed by atoms with Gasteiger partial charge in [-0.2, -0.15) is 0 Å². The van der Waals surface area contributed by atoms with E-state index in [4.69, 9.17) is 9.47 Å². The van der Waals surface area contributed by atoms with E-state index in [1.807, 2.05) is 30.1 Å². The quantitative estimate of drug-likeness (QED) is 0.815. The lowest BCUT2D eigenvalue weighted by Gasteiger charge is -2.32. The van der Waals surface area contributed by atoms with Gasteiger partial charge in [0, 0.05) is 26.1 Å². The molecular weight excluding hydrogens is 344 g/mol. The van der Waals surface area contributed by atoms with Crippen LogP contribution >= 0.6 is 0 Å². The van der Waals surface area contributed by atoms with Gasteiger partial charge in [0.15, 0.2) is 11.5 Å². The van der Waals surface area contributed by atoms with Crippen molar-refractivity contribution >= 4 is 11.8 Å². The molecule has 3 aliphatic rings. The van der Waals surface area contributed by atoms with E-state index in [0.717, 1.165) is 55.6 Å². The summed E-state index contributed by atoms with van der Waals surface area (Å²) < 4.78 is 10.8. The monoisotopic (exact) mass is 372 g/mol. The molecule has 0 aromatic heterocycles. The van der Waals surface area contributed by atoms with Crippen molar-refractivity contribution in [2.45, 2.75) is 57.5 Å². The molecule has 6 nitrogen and oxygen atoms in total. The van der Waals surface area contributed by atoms with Gasteiger partial charge in [0.05, 0.1) is 0 Å². The Labute approximate surface area is 160 Å². The Hall–Kier alpha value is -2.24. The number of hydrogen-bond acceptors (Lipinski definition) is 4. The second-order valence-electron chi connectivity index (χ2n) is 7.91. The van der Waals surface area contributed by atoms with Crippen LogP contribution in [0, 0.1) is 5.92 Å². The zero-order chi connectivity index (χ0) is 18.8. The van der Waals surface area contributed by atoms with E-state index >= 15 is 0 Å². The minimum Gasteiger partial charge on any atom is -0.454 e. The Morgan fingerprint density at radius 1 is 1.07 bits per heavy atom. The van der Waals surface area contributed by atoms with Gasteiger partial charge in [-0.15, -0.1) is 0 Å². The van der Waals surface area contributed by atoms with Crippen molar-refractivity contribution in [3.05, 3.63) is 23.8 Å². The minimum atomic E-state index is -0.307. The summed E-state index contributed by atoms with van der Waals surface area (Å²) in [6.45, 7) is 1.45. The molecule has 2 heterocycles. The lowest BCUT2D eigenvalue weighted by Crippen LogP contribution is -2.48. The molecule has 1 saturated carbocycles. The summed E-state index contributed by atoms with van der Waals surface area (Å²) in [7, 11) is 1.81. The third kappa shape index (κ3) is 3.75. The second kappa shape index (κ2) is 7.79. The number of carbonyl (C=O) groups excluding carboxylic acids is 2. The number of likely N-dealkylation sites (N-methyl/N-ethyl adjacent to an activating group) is 1. The molecule has 4 rings (SSSR count). The fourth-order valence-corrected chi connectivity index (χ4v) is 4.52. The molecular formula is C21H28N2O4. The van der Waals surface area contributed by atoms with Crippen LogP contribution in [0.2, 0.25) is 0 Å². The van der Waals surface area contributed by atoms with Crippen LogP contribution < -0.4 is 9.47 Å². The molecule has 0 unspecified atom stereocenters. The summed E-state index contributed by atoms with van der Waals surface area (Å²) in [4.78, 5) is 29.6. The first-order valence-electron chi connectivity index (χ1n) is 10.1. The van der Waals surface area contributed by atoms with E-state index in [2.05, 4.69) is 0 Å². The number of rotatable bonds is 4. The number of carbonyl (C=O) groups is 2. The highest BCUT2D eigenvalue weighted by Gasteiger charge is 2.38. The molecule has 0 N–H and O–H groups in total. The van der Waals surface area contributed by atoms with Crippen LogP contribution in [-0.2, 0) is 16.1 Å². The summed E-state index contributed by atoms with van der Waals surface area (Å²) in [6.07, 6.45) is 7.12. The number of nitrogens with zero attached hydrogens (tertiary/aromatic N) is 2. The second-order valence-corrected chi connectivity index (χ2v) is 7.91. The van der Waals surface area contributed by atoms with Crippen molar-refractivity contribution in [3.63, 3.8) is 0 Å². The molecule has 27 heavy (non-hydrogen) atoms. The van der Waals surface area contributed by atoms with Gasteiger partial charge in [-0.3, -0.25) is 9.59 Å². The van der Waals surface area contributed by atoms with Gasteiger partial charge >= 0.3 is 0 Å². The number of amides is 2. The molecule has 1 aromatic carbocycles. The zero-order valence-corrected chi connectivity index (χ0v) is 16.0. The van der Waals surface area contributed by atoms with Crippen molar-refractivity contribution < 1.29 is 19.1 Å². The topological polar surface area (TPSA) is 59.1 Å². The number of hydrogen-bond donors (Lipinski definition) is 0. The van der Waals surface area contributed by atoms with Gasteiger partial charge in [0.1, 0.15) is 6.04 Å². The van der Waals surface area contributed by atoms with Crippen molar-refractivity contribution in [1.29, 1.82) is 0 Å². The smallest absolute Gasteiger partial charge is 0.245 e. The number of likely N-dealkylation sites (tertiary alicyclic amines) is 1. The van der Waals surface area contributed by atoms with Crippen LogP contribution in [0.1, 0.15) is 50.5 Å². The molecule has 2 fully saturated rings. The third-order valence-corrected chi connectivity index (χ3v) is 6.01. The molecule has 0 bridgehead atoms. The molecule has 6 heteroatoms. The number of benzene rings is 1. The van der Waals surface area contributed by atoms with Gasteiger partial charge in [0.25, 0.3) is 0 Å². The molecule has 1 aliphatic carbocycles. The Bertz CT molecular complexity index is 714. The molecule has 1 saturated heterocycles. The van der Waals surface area contributed by atoms with E-state index in [1.165, 1.54) is 6.42 Å². The van der Waals surface area contributed by atoms with Crippen LogP contribution in [0.4, 0.5) is 0 Å². The van der Waals surface area contributed by atoms with Gasteiger partial charge in [-0.05, 0) is 43.4 Å². The lowest BCUT2D eigenvalue weighted by atomic mass is 9.88. The molecule has 146 valence electrons. The van der Waals surface area contributed by atoms with Gasteiger partial charge in [-0.25, -0.2) is 0 Å². The maximum atomic E-state index is 13.1. The highest BCUT2D eigenvalue weighted by atomic mass is 16.7. The summed E-state index contributed by atoms with van der Waals surface area (Å²) in [5, 5.41) is 0. The predicted molar refractivity (Wildman–Crippen MR) is 100 cm³/mol. The van der Waals surface area contributed by atoms with Crippen molar-refractivity contribution in [2.24, 2.45) is 5.92 Å². The predicted octanol–water partition coefficient (Wildman–Crippen LogP) is 2.95. The first-order chi connectivity index (χ1) is 13.1. The van der Waals surface area contributed by atoms with Gasteiger partial charge < -0.3 is 19.3 Å². The van der Waals surface area contributed by atoms with Crippen LogP contribution in [0.5, 0.6) is 11.5 Å². The lowest BCUT2D eigenvalue weighted by molar-refractivity contribution is -0.146. The molecule has 1 atom stereocenters. The summed E-state index contributed by atoms with van der Waals surface area (Å²) in [6, 6.07) is 5.45. The minimum absolute atomic E-state index is 0.0364. The molecule has 0 spiro atoms. The normalized spacial score (nSPS) is 22.1. The molecule has 0 radical (unpaired) electrons. The van der Waals surface area contributed by atoms with Crippen molar-refractivity contribution in [3.8, 4) is 11.5 Å². The highest BCUT2D eigenvalue weighted by molar-refractivity contribution is 5.89. The van der Waals surface area contributed by atoms with Crippen LogP contribution in [-0.4, -0.2) is 48.0 Å². The zero-order valence-electron chi connectivity index (χ0n) is 16.0.